The maximum absolute atomic E-state index is 10.9. The Balaban J connectivity index is 3.50. The van der Waals surface area contributed by atoms with E-state index < -0.39 is 0 Å². The van der Waals surface area contributed by atoms with Crippen molar-refractivity contribution in [3.8, 4) is 0 Å². The molecule has 4 nitrogen and oxygen atoms in total. The number of esters is 1. The van der Waals surface area contributed by atoms with E-state index in [9.17, 15) is 4.79 Å². The second kappa shape index (κ2) is 5.94. The number of hydrogen-bond acceptors (Lipinski definition) is 4. The average Bonchev–Trinajstić information content (AvgIpc) is 2.05. The molecule has 0 bridgehead atoms. The Morgan fingerprint density at radius 1 is 1.54 bits per heavy atom. The van der Waals surface area contributed by atoms with Crippen molar-refractivity contribution < 1.29 is 14.6 Å². The van der Waals surface area contributed by atoms with Crippen LogP contribution in [0.2, 0.25) is 0 Å². The highest BCUT2D eigenvalue weighted by Crippen LogP contribution is 2.10. The fraction of sp³-hybridized carbons (Fsp3) is 0.889. The maximum Gasteiger partial charge on any atom is 0.319 e. The first-order valence-corrected chi connectivity index (χ1v) is 4.49. The highest BCUT2D eigenvalue weighted by Gasteiger charge is 2.16. The number of hydrogen-bond donors (Lipinski definition) is 2. The van der Waals surface area contributed by atoms with Crippen molar-refractivity contribution in [2.45, 2.75) is 20.8 Å². The molecule has 13 heavy (non-hydrogen) atoms. The lowest BCUT2D eigenvalue weighted by Crippen LogP contribution is -2.35. The molecule has 0 atom stereocenters. The Kier molecular flexibility index (Phi) is 5.66. The first-order valence-electron chi connectivity index (χ1n) is 4.49. The van der Waals surface area contributed by atoms with Gasteiger partial charge in [0.05, 0.1) is 13.2 Å². The van der Waals surface area contributed by atoms with Crippen molar-refractivity contribution in [1.29, 1.82) is 0 Å². The quantitative estimate of drug-likeness (QED) is 0.584. The smallest absolute Gasteiger partial charge is 0.319 e. The summed E-state index contributed by atoms with van der Waals surface area (Å²) in [6.45, 7) is 6.93. The van der Waals surface area contributed by atoms with E-state index >= 15 is 0 Å². The minimum atomic E-state index is -0.253. The Morgan fingerprint density at radius 2 is 2.15 bits per heavy atom. The molecule has 0 unspecified atom stereocenters. The Labute approximate surface area is 79.3 Å². The topological polar surface area (TPSA) is 58.6 Å². The third kappa shape index (κ3) is 6.54. The number of aliphatic hydroxyl groups excluding tert-OH is 1. The lowest BCUT2D eigenvalue weighted by Gasteiger charge is -2.21. The van der Waals surface area contributed by atoms with Crippen LogP contribution >= 0.6 is 0 Å². The van der Waals surface area contributed by atoms with Crippen LogP contribution in [0.3, 0.4) is 0 Å². The summed E-state index contributed by atoms with van der Waals surface area (Å²) in [7, 11) is 0. The minimum absolute atomic E-state index is 0.100. The first kappa shape index (κ1) is 12.4. The van der Waals surface area contributed by atoms with Gasteiger partial charge in [0.1, 0.15) is 0 Å². The number of rotatable bonds is 6. The third-order valence-corrected chi connectivity index (χ3v) is 1.61. The van der Waals surface area contributed by atoms with Gasteiger partial charge in [-0.15, -0.1) is 0 Å². The zero-order valence-electron chi connectivity index (χ0n) is 8.59. The monoisotopic (exact) mass is 189 g/mol. The second-order valence-electron chi connectivity index (χ2n) is 3.73. The van der Waals surface area contributed by atoms with Gasteiger partial charge in [0, 0.05) is 18.6 Å². The predicted molar refractivity (Wildman–Crippen MR) is 50.4 cm³/mol. The van der Waals surface area contributed by atoms with E-state index in [1.165, 1.54) is 0 Å². The summed E-state index contributed by atoms with van der Waals surface area (Å²) >= 11 is 0. The van der Waals surface area contributed by atoms with Gasteiger partial charge in [-0.3, -0.25) is 4.79 Å². The number of carbonyl (C=O) groups is 1. The van der Waals surface area contributed by atoms with E-state index in [2.05, 4.69) is 5.32 Å². The molecule has 0 aromatic carbocycles. The normalized spacial score (nSPS) is 11.4. The van der Waals surface area contributed by atoms with Crippen LogP contribution in [0.5, 0.6) is 0 Å². The van der Waals surface area contributed by atoms with Crippen molar-refractivity contribution in [3.05, 3.63) is 0 Å². The van der Waals surface area contributed by atoms with Gasteiger partial charge >= 0.3 is 5.97 Å². The van der Waals surface area contributed by atoms with Crippen molar-refractivity contribution in [1.82, 2.24) is 5.32 Å². The molecular formula is C9H19NO3. The third-order valence-electron chi connectivity index (χ3n) is 1.61. The molecule has 0 spiro atoms. The molecule has 78 valence electrons. The largest absolute Gasteiger partial charge is 0.465 e. The van der Waals surface area contributed by atoms with Crippen LogP contribution in [0.15, 0.2) is 0 Å². The number of ether oxygens (including phenoxy) is 1. The van der Waals surface area contributed by atoms with Crippen LogP contribution in [0.1, 0.15) is 20.8 Å². The lowest BCUT2D eigenvalue weighted by atomic mass is 9.95. The molecule has 0 heterocycles. The number of nitrogens with one attached hydrogen (secondary N) is 1. The lowest BCUT2D eigenvalue weighted by molar-refractivity contribution is -0.142. The molecule has 0 aliphatic carbocycles. The van der Waals surface area contributed by atoms with Gasteiger partial charge in [-0.2, -0.15) is 0 Å². The summed E-state index contributed by atoms with van der Waals surface area (Å²) in [6, 6.07) is 0. The number of carbonyl (C=O) groups excluding carboxylic acids is 1. The minimum Gasteiger partial charge on any atom is -0.465 e. The average molecular weight is 189 g/mol. The molecular weight excluding hydrogens is 170 g/mol. The van der Waals surface area contributed by atoms with Crippen LogP contribution in [0.25, 0.3) is 0 Å². The van der Waals surface area contributed by atoms with Crippen LogP contribution in [0.4, 0.5) is 0 Å². The molecule has 0 aliphatic heterocycles. The number of aliphatic hydroxyl groups is 1. The van der Waals surface area contributed by atoms with Crippen LogP contribution in [-0.2, 0) is 9.53 Å². The van der Waals surface area contributed by atoms with Crippen LogP contribution in [-0.4, -0.2) is 37.4 Å². The first-order chi connectivity index (χ1) is 6.02. The SMILES string of the molecule is CCOC(=O)CNCC(C)(C)CO. The molecule has 0 aromatic rings. The molecule has 0 radical (unpaired) electrons. The molecule has 0 saturated carbocycles. The zero-order chi connectivity index (χ0) is 10.3. The summed E-state index contributed by atoms with van der Waals surface area (Å²) in [5.41, 5.74) is -0.188. The van der Waals surface area contributed by atoms with E-state index in [4.69, 9.17) is 9.84 Å². The maximum atomic E-state index is 10.9. The van der Waals surface area contributed by atoms with E-state index in [-0.39, 0.29) is 24.5 Å². The Morgan fingerprint density at radius 3 is 2.62 bits per heavy atom. The van der Waals surface area contributed by atoms with Crippen molar-refractivity contribution >= 4 is 5.97 Å². The highest BCUT2D eigenvalue weighted by atomic mass is 16.5. The second-order valence-corrected chi connectivity index (χ2v) is 3.73. The van der Waals surface area contributed by atoms with Gasteiger partial charge in [0.2, 0.25) is 0 Å². The fourth-order valence-electron chi connectivity index (χ4n) is 0.771. The molecule has 0 rings (SSSR count). The van der Waals surface area contributed by atoms with Gasteiger partial charge in [-0.25, -0.2) is 0 Å². The molecule has 0 amide bonds. The van der Waals surface area contributed by atoms with Crippen molar-refractivity contribution in [2.75, 3.05) is 26.3 Å². The van der Waals surface area contributed by atoms with Gasteiger partial charge in [-0.05, 0) is 6.92 Å². The van der Waals surface area contributed by atoms with Gasteiger partial charge in [0.15, 0.2) is 0 Å². The van der Waals surface area contributed by atoms with Crippen LogP contribution < -0.4 is 5.32 Å². The summed E-state index contributed by atoms with van der Waals surface area (Å²) < 4.78 is 4.73. The summed E-state index contributed by atoms with van der Waals surface area (Å²) in [5.74, 6) is -0.253. The van der Waals surface area contributed by atoms with E-state index in [1.54, 1.807) is 6.92 Å². The highest BCUT2D eigenvalue weighted by molar-refractivity contribution is 5.71. The van der Waals surface area contributed by atoms with Gasteiger partial charge in [0.25, 0.3) is 0 Å². The van der Waals surface area contributed by atoms with Gasteiger partial charge < -0.3 is 15.2 Å². The molecule has 2 N–H and O–H groups in total. The van der Waals surface area contributed by atoms with E-state index in [0.717, 1.165) is 0 Å². The van der Waals surface area contributed by atoms with Crippen LogP contribution in [0, 0.1) is 5.41 Å². The fourth-order valence-corrected chi connectivity index (χ4v) is 0.771. The summed E-state index contributed by atoms with van der Waals surface area (Å²) in [6.07, 6.45) is 0. The standard InChI is InChI=1S/C9H19NO3/c1-4-13-8(12)5-10-6-9(2,3)7-11/h10-11H,4-7H2,1-3H3. The summed E-state index contributed by atoms with van der Waals surface area (Å²) in [5, 5.41) is 11.8. The molecule has 0 fully saturated rings. The summed E-state index contributed by atoms with van der Waals surface area (Å²) in [4.78, 5) is 10.9. The zero-order valence-corrected chi connectivity index (χ0v) is 8.59. The molecule has 0 saturated heterocycles. The molecule has 4 heteroatoms. The van der Waals surface area contributed by atoms with E-state index in [1.807, 2.05) is 13.8 Å². The molecule has 0 aromatic heterocycles. The predicted octanol–water partition coefficient (Wildman–Crippen LogP) is 0.158. The van der Waals surface area contributed by atoms with Crippen molar-refractivity contribution in [2.24, 2.45) is 5.41 Å². The van der Waals surface area contributed by atoms with Crippen molar-refractivity contribution in [3.63, 3.8) is 0 Å². The van der Waals surface area contributed by atoms with E-state index in [0.29, 0.717) is 13.2 Å². The Bertz CT molecular complexity index is 157. The van der Waals surface area contributed by atoms with Gasteiger partial charge in [-0.1, -0.05) is 13.8 Å². The Hall–Kier alpha value is -0.610. The molecule has 0 aliphatic rings.